The molecule has 98 valence electrons. The molecule has 1 heterocycles. The summed E-state index contributed by atoms with van der Waals surface area (Å²) in [6.07, 6.45) is 1.00. The quantitative estimate of drug-likeness (QED) is 0.779. The van der Waals surface area contributed by atoms with E-state index in [1.165, 1.54) is 6.07 Å². The van der Waals surface area contributed by atoms with Crippen molar-refractivity contribution in [2.75, 3.05) is 30.3 Å². The van der Waals surface area contributed by atoms with Crippen LogP contribution in [0, 0.1) is 0 Å². The summed E-state index contributed by atoms with van der Waals surface area (Å²) in [5.74, 6) is -0.949. The molecule has 0 radical (unpaired) electrons. The van der Waals surface area contributed by atoms with Crippen molar-refractivity contribution in [3.63, 3.8) is 0 Å². The zero-order valence-electron chi connectivity index (χ0n) is 10.4. The molecule has 18 heavy (non-hydrogen) atoms. The molecule has 1 unspecified atom stereocenters. The molecule has 0 aliphatic carbocycles. The van der Waals surface area contributed by atoms with E-state index in [1.807, 2.05) is 6.92 Å². The summed E-state index contributed by atoms with van der Waals surface area (Å²) in [6.45, 7) is 4.21. The number of carbonyl (C=O) groups is 1. The molecule has 1 fully saturated rings. The van der Waals surface area contributed by atoms with Crippen molar-refractivity contribution in [2.24, 2.45) is 0 Å². The highest BCUT2D eigenvalue weighted by Gasteiger charge is 2.20. The maximum atomic E-state index is 11.3. The molecule has 1 saturated heterocycles. The predicted molar refractivity (Wildman–Crippen MR) is 70.1 cm³/mol. The highest BCUT2D eigenvalue weighted by molar-refractivity contribution is 5.95. The summed E-state index contributed by atoms with van der Waals surface area (Å²) >= 11 is 0. The third-order valence-corrected chi connectivity index (χ3v) is 3.04. The molecule has 1 aromatic rings. The highest BCUT2D eigenvalue weighted by atomic mass is 16.5. The van der Waals surface area contributed by atoms with Crippen LogP contribution in [0.15, 0.2) is 18.2 Å². The van der Waals surface area contributed by atoms with Gasteiger partial charge in [-0.15, -0.1) is 0 Å². The van der Waals surface area contributed by atoms with Gasteiger partial charge in [-0.3, -0.25) is 0 Å². The zero-order valence-corrected chi connectivity index (χ0v) is 10.4. The Balaban J connectivity index is 2.33. The molecule has 2 rings (SSSR count). The van der Waals surface area contributed by atoms with Crippen LogP contribution in [0.3, 0.4) is 0 Å². The van der Waals surface area contributed by atoms with Crippen LogP contribution in [0.25, 0.3) is 0 Å². The van der Waals surface area contributed by atoms with E-state index in [0.717, 1.165) is 19.6 Å². The lowest BCUT2D eigenvalue weighted by atomic mass is 10.1. The van der Waals surface area contributed by atoms with Crippen molar-refractivity contribution >= 4 is 17.3 Å². The van der Waals surface area contributed by atoms with E-state index >= 15 is 0 Å². The molecule has 5 heteroatoms. The molecular formula is C13H18N2O3. The first-order chi connectivity index (χ1) is 8.58. The van der Waals surface area contributed by atoms with Gasteiger partial charge in [0, 0.05) is 25.4 Å². The molecule has 0 bridgehead atoms. The van der Waals surface area contributed by atoms with Crippen LogP contribution in [0.1, 0.15) is 23.7 Å². The molecule has 0 spiro atoms. The molecule has 0 saturated carbocycles. The lowest BCUT2D eigenvalue weighted by Gasteiger charge is -2.26. The molecule has 1 aliphatic heterocycles. The minimum atomic E-state index is -0.949. The molecule has 0 amide bonds. The Morgan fingerprint density at radius 2 is 2.33 bits per heavy atom. The lowest BCUT2D eigenvalue weighted by Crippen LogP contribution is -2.31. The van der Waals surface area contributed by atoms with Crippen molar-refractivity contribution in [2.45, 2.75) is 19.4 Å². The summed E-state index contributed by atoms with van der Waals surface area (Å²) in [5, 5.41) is 9.24. The number of ether oxygens (including phenoxy) is 1. The van der Waals surface area contributed by atoms with Crippen LogP contribution in [0.2, 0.25) is 0 Å². The largest absolute Gasteiger partial charge is 0.478 e. The average Bonchev–Trinajstić information content (AvgIpc) is 2.53. The van der Waals surface area contributed by atoms with E-state index < -0.39 is 5.97 Å². The number of nitrogen functional groups attached to an aromatic ring is 1. The van der Waals surface area contributed by atoms with Crippen LogP contribution in [0.5, 0.6) is 0 Å². The highest BCUT2D eigenvalue weighted by Crippen LogP contribution is 2.25. The summed E-state index contributed by atoms with van der Waals surface area (Å²) in [6, 6.07) is 5.02. The normalized spacial score (nSPS) is 20.5. The maximum absolute atomic E-state index is 11.3. The Morgan fingerprint density at radius 3 is 3.06 bits per heavy atom. The molecule has 1 aromatic carbocycles. The van der Waals surface area contributed by atoms with Crippen LogP contribution in [-0.4, -0.2) is 36.9 Å². The first-order valence-electron chi connectivity index (χ1n) is 6.07. The molecule has 1 aliphatic rings. The summed E-state index contributed by atoms with van der Waals surface area (Å²) < 4.78 is 5.56. The number of nitrogens with zero attached hydrogens (tertiary/aromatic N) is 1. The van der Waals surface area contributed by atoms with Gasteiger partial charge < -0.3 is 20.5 Å². The zero-order chi connectivity index (χ0) is 13.1. The Morgan fingerprint density at radius 1 is 1.56 bits per heavy atom. The number of nitrogens with two attached hydrogens (primary N) is 1. The third-order valence-electron chi connectivity index (χ3n) is 3.04. The first-order valence-corrected chi connectivity index (χ1v) is 6.07. The Bertz CT molecular complexity index is 448. The average molecular weight is 250 g/mol. The summed E-state index contributed by atoms with van der Waals surface area (Å²) in [7, 11) is 0. The van der Waals surface area contributed by atoms with Gasteiger partial charge in [-0.1, -0.05) is 0 Å². The van der Waals surface area contributed by atoms with Gasteiger partial charge in [0.15, 0.2) is 0 Å². The number of hydrogen-bond donors (Lipinski definition) is 2. The number of carboxylic acids is 1. The van der Waals surface area contributed by atoms with Crippen LogP contribution in [0.4, 0.5) is 11.4 Å². The van der Waals surface area contributed by atoms with Gasteiger partial charge in [-0.25, -0.2) is 4.79 Å². The number of hydrogen-bond acceptors (Lipinski definition) is 4. The van der Waals surface area contributed by atoms with E-state index in [2.05, 4.69) is 4.90 Å². The number of rotatable bonds is 2. The smallest absolute Gasteiger partial charge is 0.337 e. The minimum absolute atomic E-state index is 0.103. The second-order valence-electron chi connectivity index (χ2n) is 4.56. The summed E-state index contributed by atoms with van der Waals surface area (Å²) in [4.78, 5) is 13.3. The fourth-order valence-electron chi connectivity index (χ4n) is 2.21. The van der Waals surface area contributed by atoms with Gasteiger partial charge in [0.25, 0.3) is 0 Å². The van der Waals surface area contributed by atoms with E-state index in [4.69, 9.17) is 10.5 Å². The van der Waals surface area contributed by atoms with Gasteiger partial charge >= 0.3 is 5.97 Å². The van der Waals surface area contributed by atoms with E-state index in [1.54, 1.807) is 12.1 Å². The fourth-order valence-corrected chi connectivity index (χ4v) is 2.21. The monoisotopic (exact) mass is 250 g/mol. The minimum Gasteiger partial charge on any atom is -0.478 e. The molecular weight excluding hydrogens is 232 g/mol. The summed E-state index contributed by atoms with van der Waals surface area (Å²) in [5.41, 5.74) is 7.08. The van der Waals surface area contributed by atoms with Crippen LogP contribution in [-0.2, 0) is 4.74 Å². The van der Waals surface area contributed by atoms with Crippen LogP contribution < -0.4 is 10.6 Å². The first kappa shape index (κ1) is 12.7. The number of carboxylic acid groups (broad SMARTS) is 1. The van der Waals surface area contributed by atoms with Crippen LogP contribution >= 0.6 is 0 Å². The topological polar surface area (TPSA) is 75.8 Å². The van der Waals surface area contributed by atoms with Crippen molar-refractivity contribution in [3.8, 4) is 0 Å². The van der Waals surface area contributed by atoms with Gasteiger partial charge in [-0.05, 0) is 31.5 Å². The number of aromatic carboxylic acids is 1. The van der Waals surface area contributed by atoms with E-state index in [0.29, 0.717) is 17.9 Å². The van der Waals surface area contributed by atoms with Gasteiger partial charge in [-0.2, -0.15) is 0 Å². The Kier molecular flexibility index (Phi) is 3.72. The van der Waals surface area contributed by atoms with Crippen molar-refractivity contribution in [1.29, 1.82) is 0 Å². The van der Waals surface area contributed by atoms with Crippen molar-refractivity contribution in [1.82, 2.24) is 0 Å². The third kappa shape index (κ3) is 2.73. The van der Waals surface area contributed by atoms with E-state index in [-0.39, 0.29) is 11.7 Å². The molecule has 5 nitrogen and oxygen atoms in total. The van der Waals surface area contributed by atoms with E-state index in [9.17, 15) is 9.90 Å². The lowest BCUT2D eigenvalue weighted by molar-refractivity contribution is 0.0696. The molecule has 0 aromatic heterocycles. The molecule has 3 N–H and O–H groups in total. The van der Waals surface area contributed by atoms with Gasteiger partial charge in [0.2, 0.25) is 0 Å². The predicted octanol–water partition coefficient (Wildman–Crippen LogP) is 1.58. The Labute approximate surface area is 106 Å². The van der Waals surface area contributed by atoms with Crippen molar-refractivity contribution < 1.29 is 14.6 Å². The standard InChI is InChI=1S/C13H18N2O3/c1-9-8-15(5-2-6-18-9)12-4-3-10(14)7-11(12)13(16)17/h3-4,7,9H,2,5-6,8,14H2,1H3,(H,16,17). The fraction of sp³-hybridized carbons (Fsp3) is 0.462. The van der Waals surface area contributed by atoms with Crippen molar-refractivity contribution in [3.05, 3.63) is 23.8 Å². The van der Waals surface area contributed by atoms with Gasteiger partial charge in [0.1, 0.15) is 0 Å². The van der Waals surface area contributed by atoms with Gasteiger partial charge in [0.05, 0.1) is 17.4 Å². The number of benzene rings is 1. The Hall–Kier alpha value is -1.75. The second kappa shape index (κ2) is 5.27. The SMILES string of the molecule is CC1CN(c2ccc(N)cc2C(=O)O)CCCO1. The molecule has 1 atom stereocenters. The number of anilines is 2. The second-order valence-corrected chi connectivity index (χ2v) is 4.56. The maximum Gasteiger partial charge on any atom is 0.337 e.